The Hall–Kier alpha value is -1.37. The van der Waals surface area contributed by atoms with Crippen molar-refractivity contribution in [2.45, 2.75) is 24.4 Å². The van der Waals surface area contributed by atoms with Crippen molar-refractivity contribution in [3.63, 3.8) is 0 Å². The first-order chi connectivity index (χ1) is 8.58. The highest BCUT2D eigenvalue weighted by atomic mass is 19.1. The van der Waals surface area contributed by atoms with Crippen LogP contribution in [-0.4, -0.2) is 47.4 Å². The smallest absolute Gasteiger partial charge is 0.160 e. The second kappa shape index (κ2) is 5.09. The third-order valence-corrected chi connectivity index (χ3v) is 3.20. The molecule has 4 N–H and O–H groups in total. The molecule has 6 heteroatoms. The molecular formula is C12H16FNO4. The number of alkyl halides is 1. The van der Waals surface area contributed by atoms with Crippen molar-refractivity contribution in [3.8, 4) is 11.5 Å². The van der Waals surface area contributed by atoms with Gasteiger partial charge in [0.25, 0.3) is 0 Å². The fourth-order valence-electron chi connectivity index (χ4n) is 2.19. The zero-order chi connectivity index (χ0) is 13.3. The van der Waals surface area contributed by atoms with Gasteiger partial charge < -0.3 is 20.1 Å². The Labute approximate surface area is 104 Å². The number of hydrogen-bond acceptors (Lipinski definition) is 5. The van der Waals surface area contributed by atoms with Gasteiger partial charge in [-0.25, -0.2) is 4.39 Å². The van der Waals surface area contributed by atoms with Crippen molar-refractivity contribution in [1.82, 2.24) is 5.32 Å². The second-order valence-corrected chi connectivity index (χ2v) is 4.30. The minimum absolute atomic E-state index is 0.0770. The molecule has 0 amide bonds. The largest absolute Gasteiger partial charge is 0.504 e. The number of ether oxygens (including phenoxy) is 1. The third kappa shape index (κ3) is 2.14. The van der Waals surface area contributed by atoms with E-state index in [4.69, 9.17) is 9.84 Å². The van der Waals surface area contributed by atoms with E-state index >= 15 is 0 Å². The number of methoxy groups -OCH3 is 1. The number of phenolic OH excluding ortho intramolecular Hbond substituents is 1. The van der Waals surface area contributed by atoms with Crippen LogP contribution >= 0.6 is 0 Å². The zero-order valence-electron chi connectivity index (χ0n) is 9.88. The molecule has 0 spiro atoms. The number of phenols is 1. The fourth-order valence-corrected chi connectivity index (χ4v) is 2.19. The molecule has 0 radical (unpaired) electrons. The molecule has 0 bridgehead atoms. The minimum Gasteiger partial charge on any atom is -0.504 e. The molecule has 0 unspecified atom stereocenters. The van der Waals surface area contributed by atoms with Gasteiger partial charge in [0.15, 0.2) is 11.5 Å². The molecule has 0 aliphatic carbocycles. The Kier molecular flexibility index (Phi) is 3.70. The molecule has 1 aromatic carbocycles. The average molecular weight is 257 g/mol. The molecule has 0 saturated carbocycles. The van der Waals surface area contributed by atoms with Crippen LogP contribution in [0.15, 0.2) is 18.2 Å². The third-order valence-electron chi connectivity index (χ3n) is 3.20. The lowest BCUT2D eigenvalue weighted by Crippen LogP contribution is -2.33. The van der Waals surface area contributed by atoms with Crippen LogP contribution in [0.2, 0.25) is 0 Å². The zero-order valence-corrected chi connectivity index (χ0v) is 9.88. The van der Waals surface area contributed by atoms with E-state index in [1.807, 2.05) is 0 Å². The summed E-state index contributed by atoms with van der Waals surface area (Å²) in [6.45, 7) is -0.392. The quantitative estimate of drug-likeness (QED) is 0.617. The van der Waals surface area contributed by atoms with Crippen LogP contribution < -0.4 is 10.1 Å². The van der Waals surface area contributed by atoms with Crippen molar-refractivity contribution in [3.05, 3.63) is 23.8 Å². The first-order valence-electron chi connectivity index (χ1n) is 5.64. The number of aliphatic hydroxyl groups is 2. The van der Waals surface area contributed by atoms with Crippen LogP contribution in [0.4, 0.5) is 4.39 Å². The maximum Gasteiger partial charge on any atom is 0.160 e. The van der Waals surface area contributed by atoms with Crippen LogP contribution in [0.5, 0.6) is 11.5 Å². The Morgan fingerprint density at radius 2 is 2.17 bits per heavy atom. The molecule has 100 valence electrons. The number of halogens is 1. The molecule has 1 heterocycles. The van der Waals surface area contributed by atoms with E-state index in [0.717, 1.165) is 0 Å². The van der Waals surface area contributed by atoms with E-state index in [0.29, 0.717) is 11.3 Å². The van der Waals surface area contributed by atoms with Gasteiger partial charge in [-0.05, 0) is 17.7 Å². The fraction of sp³-hybridized carbons (Fsp3) is 0.500. The van der Waals surface area contributed by atoms with E-state index in [-0.39, 0.29) is 5.75 Å². The van der Waals surface area contributed by atoms with Crippen molar-refractivity contribution < 1.29 is 24.4 Å². The number of aliphatic hydroxyl groups excluding tert-OH is 2. The van der Waals surface area contributed by atoms with Gasteiger partial charge >= 0.3 is 0 Å². The van der Waals surface area contributed by atoms with Crippen molar-refractivity contribution in [1.29, 1.82) is 0 Å². The lowest BCUT2D eigenvalue weighted by molar-refractivity contribution is 0.0760. The number of aromatic hydroxyl groups is 1. The summed E-state index contributed by atoms with van der Waals surface area (Å²) in [7, 11) is 1.43. The second-order valence-electron chi connectivity index (χ2n) is 4.30. The molecule has 1 aliphatic rings. The highest BCUT2D eigenvalue weighted by Gasteiger charge is 2.42. The standard InChI is InChI=1S/C12H16FNO4/c1-18-9-3-2-6(4-8(9)16)11-12(17)10(13)7(5-15)14-11/h2-4,7,10-12,14-17H,5H2,1H3/t7-,10-,11-,12+/m0/s1. The topological polar surface area (TPSA) is 82.0 Å². The summed E-state index contributed by atoms with van der Waals surface area (Å²) in [5.74, 6) is 0.230. The van der Waals surface area contributed by atoms with Crippen molar-refractivity contribution >= 4 is 0 Å². The number of nitrogens with one attached hydrogen (secondary N) is 1. The average Bonchev–Trinajstić information content (AvgIpc) is 2.66. The minimum atomic E-state index is -1.54. The first-order valence-corrected chi connectivity index (χ1v) is 5.64. The predicted molar refractivity (Wildman–Crippen MR) is 62.3 cm³/mol. The van der Waals surface area contributed by atoms with E-state index in [1.54, 1.807) is 12.1 Å². The number of benzene rings is 1. The normalized spacial score (nSPS) is 31.6. The van der Waals surface area contributed by atoms with E-state index in [2.05, 4.69) is 5.32 Å². The summed E-state index contributed by atoms with van der Waals surface area (Å²) in [5, 5.41) is 31.2. The molecule has 2 rings (SSSR count). The summed E-state index contributed by atoms with van der Waals surface area (Å²) in [6, 6.07) is 3.12. The highest BCUT2D eigenvalue weighted by Crippen LogP contribution is 2.34. The van der Waals surface area contributed by atoms with Crippen molar-refractivity contribution in [2.75, 3.05) is 13.7 Å². The Morgan fingerprint density at radius 1 is 1.44 bits per heavy atom. The molecule has 1 aliphatic heterocycles. The van der Waals surface area contributed by atoms with Crippen LogP contribution in [0, 0.1) is 0 Å². The van der Waals surface area contributed by atoms with E-state index < -0.39 is 31.0 Å². The van der Waals surface area contributed by atoms with Gasteiger partial charge in [-0.15, -0.1) is 0 Å². The van der Waals surface area contributed by atoms with Gasteiger partial charge in [0.2, 0.25) is 0 Å². The SMILES string of the molecule is COc1ccc([C@@H]2N[C@@H](CO)[C@H](F)[C@H]2O)cc1O. The maximum atomic E-state index is 13.6. The van der Waals surface area contributed by atoms with E-state index in [1.165, 1.54) is 13.2 Å². The van der Waals surface area contributed by atoms with Crippen LogP contribution in [0.1, 0.15) is 11.6 Å². The molecule has 1 fully saturated rings. The van der Waals surface area contributed by atoms with Gasteiger partial charge in [0.1, 0.15) is 12.3 Å². The van der Waals surface area contributed by atoms with E-state index in [9.17, 15) is 14.6 Å². The Bertz CT molecular complexity index is 429. The molecule has 1 aromatic rings. The summed E-state index contributed by atoms with van der Waals surface area (Å²) in [4.78, 5) is 0. The molecular weight excluding hydrogens is 241 g/mol. The summed E-state index contributed by atoms with van der Waals surface area (Å²) >= 11 is 0. The number of rotatable bonds is 3. The molecule has 4 atom stereocenters. The van der Waals surface area contributed by atoms with Gasteiger partial charge in [0.05, 0.1) is 25.8 Å². The molecule has 18 heavy (non-hydrogen) atoms. The number of hydrogen-bond donors (Lipinski definition) is 4. The van der Waals surface area contributed by atoms with Crippen LogP contribution in [0.25, 0.3) is 0 Å². The lowest BCUT2D eigenvalue weighted by atomic mass is 10.0. The monoisotopic (exact) mass is 257 g/mol. The summed E-state index contributed by atoms with van der Waals surface area (Å²) in [6.07, 6.45) is -2.79. The van der Waals surface area contributed by atoms with Crippen molar-refractivity contribution in [2.24, 2.45) is 0 Å². The Morgan fingerprint density at radius 3 is 2.67 bits per heavy atom. The Balaban J connectivity index is 2.24. The predicted octanol–water partition coefficient (Wildman–Crippen LogP) is 0.105. The van der Waals surface area contributed by atoms with Gasteiger partial charge in [-0.1, -0.05) is 6.07 Å². The highest BCUT2D eigenvalue weighted by molar-refractivity contribution is 5.43. The van der Waals surface area contributed by atoms with Crippen LogP contribution in [0.3, 0.4) is 0 Å². The van der Waals surface area contributed by atoms with Gasteiger partial charge in [-0.3, -0.25) is 5.32 Å². The summed E-state index contributed by atoms with van der Waals surface area (Å²) < 4.78 is 18.5. The maximum absolute atomic E-state index is 13.6. The molecule has 5 nitrogen and oxygen atoms in total. The summed E-state index contributed by atoms with van der Waals surface area (Å²) in [5.41, 5.74) is 0.541. The van der Waals surface area contributed by atoms with Crippen LogP contribution in [-0.2, 0) is 0 Å². The molecule has 0 aromatic heterocycles. The first kappa shape index (κ1) is 13.1. The molecule has 1 saturated heterocycles. The van der Waals surface area contributed by atoms with Gasteiger partial charge in [-0.2, -0.15) is 0 Å². The van der Waals surface area contributed by atoms with Gasteiger partial charge in [0, 0.05) is 0 Å². The lowest BCUT2D eigenvalue weighted by Gasteiger charge is -2.16.